The number of carbonyl (C=O) groups excluding carboxylic acids is 1. The second-order valence-electron chi connectivity index (χ2n) is 4.09. The first kappa shape index (κ1) is 14.9. The fourth-order valence-electron chi connectivity index (χ4n) is 1.61. The highest BCUT2D eigenvalue weighted by Gasteiger charge is 2.14. The summed E-state index contributed by atoms with van der Waals surface area (Å²) in [6.45, 7) is 2.45. The Kier molecular flexibility index (Phi) is 6.05. The lowest BCUT2D eigenvalue weighted by molar-refractivity contribution is 0.0942. The zero-order valence-electron chi connectivity index (χ0n) is 10.2. The summed E-state index contributed by atoms with van der Waals surface area (Å²) in [6.07, 6.45) is 1.68. The van der Waals surface area contributed by atoms with Crippen molar-refractivity contribution in [2.75, 3.05) is 12.4 Å². The fourth-order valence-corrected chi connectivity index (χ4v) is 1.92. The number of nitrogens with one attached hydrogen (secondary N) is 1. The molecule has 0 aliphatic rings. The molecular formula is C13H16ClF2NO. The van der Waals surface area contributed by atoms with E-state index in [1.807, 2.05) is 6.92 Å². The largest absolute Gasteiger partial charge is 0.352 e. The zero-order chi connectivity index (χ0) is 13.5. The molecule has 0 saturated carbocycles. The standard InChI is InChI=1S/C13H16ClF2NO/c1-2-9(5-6-14)8-17-13(18)11-4-3-10(15)7-12(11)16/h3-4,7,9H,2,5-6,8H2,1H3,(H,17,18). The van der Waals surface area contributed by atoms with Crippen LogP contribution in [0.3, 0.4) is 0 Å². The molecule has 0 fully saturated rings. The van der Waals surface area contributed by atoms with Gasteiger partial charge in [-0.05, 0) is 24.5 Å². The van der Waals surface area contributed by atoms with Gasteiger partial charge in [-0.3, -0.25) is 4.79 Å². The first-order valence-electron chi connectivity index (χ1n) is 5.87. The van der Waals surface area contributed by atoms with E-state index in [2.05, 4.69) is 5.32 Å². The molecule has 1 aromatic carbocycles. The van der Waals surface area contributed by atoms with Crippen molar-refractivity contribution in [3.05, 3.63) is 35.4 Å². The number of benzene rings is 1. The Bertz CT molecular complexity index is 412. The minimum Gasteiger partial charge on any atom is -0.352 e. The molecule has 0 spiro atoms. The number of alkyl halides is 1. The highest BCUT2D eigenvalue weighted by molar-refractivity contribution is 6.17. The van der Waals surface area contributed by atoms with Crippen molar-refractivity contribution in [1.82, 2.24) is 5.32 Å². The van der Waals surface area contributed by atoms with Crippen LogP contribution in [0.5, 0.6) is 0 Å². The SMILES string of the molecule is CCC(CCCl)CNC(=O)c1ccc(F)cc1F. The average Bonchev–Trinajstić information content (AvgIpc) is 2.34. The number of rotatable bonds is 6. The van der Waals surface area contributed by atoms with Crippen molar-refractivity contribution in [2.24, 2.45) is 5.92 Å². The van der Waals surface area contributed by atoms with Crippen LogP contribution in [0.15, 0.2) is 18.2 Å². The zero-order valence-corrected chi connectivity index (χ0v) is 10.9. The Morgan fingerprint density at radius 3 is 2.72 bits per heavy atom. The van der Waals surface area contributed by atoms with Crippen molar-refractivity contribution < 1.29 is 13.6 Å². The molecule has 1 aromatic rings. The molecule has 0 bridgehead atoms. The summed E-state index contributed by atoms with van der Waals surface area (Å²) in [5.74, 6) is -1.27. The molecule has 0 aliphatic carbocycles. The number of amides is 1. The predicted octanol–water partition coefficient (Wildman–Crippen LogP) is 3.35. The Hall–Kier alpha value is -1.16. The van der Waals surface area contributed by atoms with Crippen molar-refractivity contribution in [3.8, 4) is 0 Å². The predicted molar refractivity (Wildman–Crippen MR) is 67.8 cm³/mol. The van der Waals surface area contributed by atoms with Crippen LogP contribution < -0.4 is 5.32 Å². The van der Waals surface area contributed by atoms with Gasteiger partial charge in [-0.25, -0.2) is 8.78 Å². The van der Waals surface area contributed by atoms with Crippen LogP contribution in [0.25, 0.3) is 0 Å². The van der Waals surface area contributed by atoms with E-state index in [-0.39, 0.29) is 11.5 Å². The number of hydrogen-bond donors (Lipinski definition) is 1. The lowest BCUT2D eigenvalue weighted by atomic mass is 10.0. The molecule has 0 aliphatic heterocycles. The van der Waals surface area contributed by atoms with Crippen molar-refractivity contribution in [3.63, 3.8) is 0 Å². The van der Waals surface area contributed by atoms with E-state index in [1.54, 1.807) is 0 Å². The van der Waals surface area contributed by atoms with Gasteiger partial charge in [0.05, 0.1) is 5.56 Å². The van der Waals surface area contributed by atoms with Crippen molar-refractivity contribution >= 4 is 17.5 Å². The molecule has 1 atom stereocenters. The van der Waals surface area contributed by atoms with E-state index in [0.29, 0.717) is 18.5 Å². The van der Waals surface area contributed by atoms with Crippen LogP contribution in [0.1, 0.15) is 30.1 Å². The Balaban J connectivity index is 2.59. The van der Waals surface area contributed by atoms with Gasteiger partial charge < -0.3 is 5.32 Å². The molecule has 5 heteroatoms. The van der Waals surface area contributed by atoms with E-state index in [0.717, 1.165) is 25.0 Å². The molecule has 0 saturated heterocycles. The van der Waals surface area contributed by atoms with E-state index < -0.39 is 17.5 Å². The number of carbonyl (C=O) groups is 1. The van der Waals surface area contributed by atoms with Gasteiger partial charge in [0, 0.05) is 18.5 Å². The van der Waals surface area contributed by atoms with Gasteiger partial charge in [-0.15, -0.1) is 11.6 Å². The molecule has 1 N–H and O–H groups in total. The van der Waals surface area contributed by atoms with Crippen LogP contribution in [0.4, 0.5) is 8.78 Å². The summed E-state index contributed by atoms with van der Waals surface area (Å²) in [7, 11) is 0. The van der Waals surface area contributed by atoms with Gasteiger partial charge in [-0.1, -0.05) is 13.3 Å². The molecule has 18 heavy (non-hydrogen) atoms. The molecule has 0 heterocycles. The number of halogens is 3. The van der Waals surface area contributed by atoms with Gasteiger partial charge in [0.2, 0.25) is 0 Å². The summed E-state index contributed by atoms with van der Waals surface area (Å²) in [6, 6.07) is 2.90. The summed E-state index contributed by atoms with van der Waals surface area (Å²) in [5, 5.41) is 2.64. The highest BCUT2D eigenvalue weighted by atomic mass is 35.5. The van der Waals surface area contributed by atoms with Gasteiger partial charge in [0.15, 0.2) is 0 Å². The molecule has 1 rings (SSSR count). The Morgan fingerprint density at radius 2 is 2.17 bits per heavy atom. The van der Waals surface area contributed by atoms with Gasteiger partial charge in [0.25, 0.3) is 5.91 Å². The third kappa shape index (κ3) is 4.26. The molecule has 2 nitrogen and oxygen atoms in total. The van der Waals surface area contributed by atoms with Gasteiger partial charge in [-0.2, -0.15) is 0 Å². The molecular weight excluding hydrogens is 260 g/mol. The maximum atomic E-state index is 13.3. The summed E-state index contributed by atoms with van der Waals surface area (Å²) < 4.78 is 26.0. The normalized spacial score (nSPS) is 12.2. The Labute approximate surface area is 110 Å². The summed E-state index contributed by atoms with van der Waals surface area (Å²) >= 11 is 5.64. The average molecular weight is 276 g/mol. The van der Waals surface area contributed by atoms with Crippen LogP contribution >= 0.6 is 11.6 Å². The number of hydrogen-bond acceptors (Lipinski definition) is 1. The Morgan fingerprint density at radius 1 is 1.44 bits per heavy atom. The quantitative estimate of drug-likeness (QED) is 0.793. The topological polar surface area (TPSA) is 29.1 Å². The molecule has 0 radical (unpaired) electrons. The van der Waals surface area contributed by atoms with Crippen LogP contribution in [0, 0.1) is 17.6 Å². The van der Waals surface area contributed by atoms with E-state index >= 15 is 0 Å². The second-order valence-corrected chi connectivity index (χ2v) is 4.46. The van der Waals surface area contributed by atoms with Crippen LogP contribution in [-0.4, -0.2) is 18.3 Å². The van der Waals surface area contributed by atoms with Crippen molar-refractivity contribution in [1.29, 1.82) is 0 Å². The third-order valence-electron chi connectivity index (χ3n) is 2.82. The maximum Gasteiger partial charge on any atom is 0.254 e. The maximum absolute atomic E-state index is 13.3. The van der Waals surface area contributed by atoms with Crippen LogP contribution in [0.2, 0.25) is 0 Å². The smallest absolute Gasteiger partial charge is 0.254 e. The third-order valence-corrected chi connectivity index (χ3v) is 3.04. The molecule has 1 unspecified atom stereocenters. The van der Waals surface area contributed by atoms with E-state index in [9.17, 15) is 13.6 Å². The first-order valence-corrected chi connectivity index (χ1v) is 6.41. The first-order chi connectivity index (χ1) is 8.58. The second kappa shape index (κ2) is 7.31. The molecule has 0 aromatic heterocycles. The van der Waals surface area contributed by atoms with Gasteiger partial charge in [0.1, 0.15) is 11.6 Å². The highest BCUT2D eigenvalue weighted by Crippen LogP contribution is 2.11. The van der Waals surface area contributed by atoms with Gasteiger partial charge >= 0.3 is 0 Å². The molecule has 100 valence electrons. The fraction of sp³-hybridized carbons (Fsp3) is 0.462. The monoisotopic (exact) mass is 275 g/mol. The summed E-state index contributed by atoms with van der Waals surface area (Å²) in [4.78, 5) is 11.7. The minimum atomic E-state index is -0.849. The minimum absolute atomic E-state index is 0.142. The van der Waals surface area contributed by atoms with Crippen molar-refractivity contribution in [2.45, 2.75) is 19.8 Å². The lowest BCUT2D eigenvalue weighted by Gasteiger charge is -2.14. The molecule has 1 amide bonds. The van der Waals surface area contributed by atoms with Crippen LogP contribution in [-0.2, 0) is 0 Å². The summed E-state index contributed by atoms with van der Waals surface area (Å²) in [5.41, 5.74) is -0.142. The van der Waals surface area contributed by atoms with E-state index in [1.165, 1.54) is 0 Å². The van der Waals surface area contributed by atoms with E-state index in [4.69, 9.17) is 11.6 Å². The lowest BCUT2D eigenvalue weighted by Crippen LogP contribution is -2.30.